The minimum absolute atomic E-state index is 0.171. The van der Waals surface area contributed by atoms with Crippen LogP contribution in [0.3, 0.4) is 0 Å². The average Bonchev–Trinajstić information content (AvgIpc) is 2.93. The van der Waals surface area contributed by atoms with Crippen molar-refractivity contribution in [3.63, 3.8) is 0 Å². The van der Waals surface area contributed by atoms with Gasteiger partial charge in [-0.05, 0) is 43.0 Å². The number of hydrogen-bond acceptors (Lipinski definition) is 3. The Morgan fingerprint density at radius 2 is 2.16 bits per heavy atom. The zero-order valence-electron chi connectivity index (χ0n) is 10.6. The average molecular weight is 274 g/mol. The first-order valence-electron chi connectivity index (χ1n) is 6.75. The molecule has 0 unspecified atom stereocenters. The van der Waals surface area contributed by atoms with Gasteiger partial charge in [-0.1, -0.05) is 17.7 Å². The Bertz CT molecular complexity index is 649. The van der Waals surface area contributed by atoms with E-state index in [-0.39, 0.29) is 5.54 Å². The molecule has 19 heavy (non-hydrogen) atoms. The first-order chi connectivity index (χ1) is 9.22. The summed E-state index contributed by atoms with van der Waals surface area (Å²) in [5, 5.41) is 1.78. The van der Waals surface area contributed by atoms with E-state index in [1.807, 2.05) is 18.2 Å². The molecule has 3 heterocycles. The lowest BCUT2D eigenvalue weighted by atomic mass is 9.73. The molecule has 0 spiro atoms. The lowest BCUT2D eigenvalue weighted by molar-refractivity contribution is 0.251. The fraction of sp³-hybridized carbons (Fsp3) is 0.400. The van der Waals surface area contributed by atoms with E-state index in [1.54, 1.807) is 0 Å². The van der Waals surface area contributed by atoms with Gasteiger partial charge in [0.25, 0.3) is 0 Å². The summed E-state index contributed by atoms with van der Waals surface area (Å²) < 4.78 is 0. The molecule has 1 aromatic heterocycles. The number of pyridine rings is 1. The van der Waals surface area contributed by atoms with Crippen LogP contribution in [-0.4, -0.2) is 23.6 Å². The second-order valence-corrected chi connectivity index (χ2v) is 6.20. The first kappa shape index (κ1) is 11.5. The van der Waals surface area contributed by atoms with Gasteiger partial charge in [-0.15, -0.1) is 0 Å². The molecule has 4 heteroatoms. The van der Waals surface area contributed by atoms with Crippen LogP contribution in [0.15, 0.2) is 30.3 Å². The number of anilines is 1. The smallest absolute Gasteiger partial charge is 0.129 e. The second-order valence-electron chi connectivity index (χ2n) is 5.79. The van der Waals surface area contributed by atoms with E-state index in [0.29, 0.717) is 0 Å². The van der Waals surface area contributed by atoms with Crippen LogP contribution in [0, 0.1) is 5.92 Å². The molecule has 1 aliphatic carbocycles. The zero-order valence-corrected chi connectivity index (χ0v) is 11.4. The SMILES string of the molecule is NCC12CC(CN1c1ccc3c(Cl)cccc3n1)C2. The molecule has 0 atom stereocenters. The number of halogens is 1. The predicted molar refractivity (Wildman–Crippen MR) is 78.6 cm³/mol. The van der Waals surface area contributed by atoms with Crippen molar-refractivity contribution < 1.29 is 0 Å². The van der Waals surface area contributed by atoms with Crippen LogP contribution in [0.25, 0.3) is 10.9 Å². The predicted octanol–water partition coefficient (Wildman–Crippen LogP) is 2.82. The van der Waals surface area contributed by atoms with Gasteiger partial charge in [0.05, 0.1) is 11.1 Å². The summed E-state index contributed by atoms with van der Waals surface area (Å²) in [6.07, 6.45) is 2.44. The fourth-order valence-corrected chi connectivity index (χ4v) is 3.92. The molecule has 98 valence electrons. The van der Waals surface area contributed by atoms with Gasteiger partial charge in [0.15, 0.2) is 0 Å². The van der Waals surface area contributed by atoms with Crippen molar-refractivity contribution in [3.8, 4) is 0 Å². The Labute approximate surface area is 117 Å². The van der Waals surface area contributed by atoms with Crippen molar-refractivity contribution >= 4 is 28.3 Å². The van der Waals surface area contributed by atoms with E-state index in [4.69, 9.17) is 22.3 Å². The Morgan fingerprint density at radius 1 is 1.32 bits per heavy atom. The van der Waals surface area contributed by atoms with Gasteiger partial charge in [-0.2, -0.15) is 0 Å². The summed E-state index contributed by atoms with van der Waals surface area (Å²) in [6.45, 7) is 1.81. The maximum Gasteiger partial charge on any atom is 0.129 e. The van der Waals surface area contributed by atoms with Crippen molar-refractivity contribution in [1.82, 2.24) is 4.98 Å². The summed E-state index contributed by atoms with van der Waals surface area (Å²) in [5.74, 6) is 1.85. The van der Waals surface area contributed by atoms with Gasteiger partial charge in [0, 0.05) is 23.5 Å². The summed E-state index contributed by atoms with van der Waals surface area (Å²) in [6, 6.07) is 10.0. The van der Waals surface area contributed by atoms with Crippen LogP contribution in [0.4, 0.5) is 5.82 Å². The van der Waals surface area contributed by atoms with Crippen molar-refractivity contribution in [3.05, 3.63) is 35.4 Å². The molecule has 0 radical (unpaired) electrons. The molecular weight excluding hydrogens is 258 g/mol. The number of nitrogens with zero attached hydrogens (tertiary/aromatic N) is 2. The quantitative estimate of drug-likeness (QED) is 0.915. The third kappa shape index (κ3) is 1.52. The standard InChI is InChI=1S/C15H16ClN3/c16-12-2-1-3-13-11(12)4-5-14(18-13)19-8-10-6-15(19,7-10)9-17/h1-5,10H,6-9,17H2. The van der Waals surface area contributed by atoms with Gasteiger partial charge in [-0.25, -0.2) is 4.98 Å². The number of benzene rings is 1. The number of aromatic nitrogens is 1. The van der Waals surface area contributed by atoms with Gasteiger partial charge in [-0.3, -0.25) is 0 Å². The van der Waals surface area contributed by atoms with Gasteiger partial charge >= 0.3 is 0 Å². The summed E-state index contributed by atoms with van der Waals surface area (Å²) in [5.41, 5.74) is 7.11. The highest BCUT2D eigenvalue weighted by atomic mass is 35.5. The monoisotopic (exact) mass is 273 g/mol. The second kappa shape index (κ2) is 3.84. The zero-order chi connectivity index (χ0) is 13.0. The minimum Gasteiger partial charge on any atom is -0.349 e. The Morgan fingerprint density at radius 3 is 2.95 bits per heavy atom. The third-order valence-electron chi connectivity index (χ3n) is 4.67. The maximum atomic E-state index is 6.19. The molecule has 2 bridgehead atoms. The molecule has 1 saturated carbocycles. The van der Waals surface area contributed by atoms with Crippen LogP contribution in [0.5, 0.6) is 0 Å². The van der Waals surface area contributed by atoms with Gasteiger partial charge < -0.3 is 10.6 Å². The van der Waals surface area contributed by atoms with Crippen LogP contribution >= 0.6 is 11.6 Å². The lowest BCUT2D eigenvalue weighted by Gasteiger charge is -2.41. The van der Waals surface area contributed by atoms with Crippen LogP contribution < -0.4 is 10.6 Å². The maximum absolute atomic E-state index is 6.19. The number of rotatable bonds is 2. The number of nitrogens with two attached hydrogens (primary N) is 1. The normalized spacial score (nSPS) is 28.7. The molecule has 2 aromatic rings. The Kier molecular flexibility index (Phi) is 2.32. The third-order valence-corrected chi connectivity index (χ3v) is 5.00. The van der Waals surface area contributed by atoms with Crippen molar-refractivity contribution in [2.75, 3.05) is 18.0 Å². The van der Waals surface area contributed by atoms with E-state index in [9.17, 15) is 0 Å². The highest BCUT2D eigenvalue weighted by molar-refractivity contribution is 6.35. The van der Waals surface area contributed by atoms with Crippen molar-refractivity contribution in [2.45, 2.75) is 18.4 Å². The highest BCUT2D eigenvalue weighted by Crippen LogP contribution is 2.51. The fourth-order valence-electron chi connectivity index (χ4n) is 3.69. The molecule has 3 aliphatic rings. The van der Waals surface area contributed by atoms with E-state index in [1.165, 1.54) is 12.8 Å². The molecular formula is C15H16ClN3. The van der Waals surface area contributed by atoms with Crippen molar-refractivity contribution in [2.24, 2.45) is 11.7 Å². The van der Waals surface area contributed by atoms with Gasteiger partial charge in [0.1, 0.15) is 5.82 Å². The van der Waals surface area contributed by atoms with Crippen molar-refractivity contribution in [1.29, 1.82) is 0 Å². The molecule has 2 saturated heterocycles. The minimum atomic E-state index is 0.171. The van der Waals surface area contributed by atoms with E-state index in [0.717, 1.165) is 40.8 Å². The molecule has 2 N–H and O–H groups in total. The summed E-state index contributed by atoms with van der Waals surface area (Å²) in [7, 11) is 0. The van der Waals surface area contributed by atoms with Crippen LogP contribution in [0.1, 0.15) is 12.8 Å². The number of hydrogen-bond donors (Lipinski definition) is 1. The molecule has 3 nitrogen and oxygen atoms in total. The topological polar surface area (TPSA) is 42.1 Å². The lowest BCUT2D eigenvalue weighted by Crippen LogP contribution is -2.52. The largest absolute Gasteiger partial charge is 0.349 e. The summed E-state index contributed by atoms with van der Waals surface area (Å²) >= 11 is 6.19. The molecule has 0 amide bonds. The number of fused-ring (bicyclic) bond motifs is 2. The van der Waals surface area contributed by atoms with E-state index in [2.05, 4.69) is 17.0 Å². The molecule has 5 rings (SSSR count). The van der Waals surface area contributed by atoms with E-state index < -0.39 is 0 Å². The highest BCUT2D eigenvalue weighted by Gasteiger charge is 2.55. The first-order valence-corrected chi connectivity index (χ1v) is 7.13. The van der Waals surface area contributed by atoms with Crippen LogP contribution in [0.2, 0.25) is 5.02 Å². The Hall–Kier alpha value is -1.32. The molecule has 1 aromatic carbocycles. The van der Waals surface area contributed by atoms with Crippen LogP contribution in [-0.2, 0) is 0 Å². The summed E-state index contributed by atoms with van der Waals surface area (Å²) in [4.78, 5) is 7.17. The Balaban J connectivity index is 1.80. The molecule has 2 aliphatic heterocycles. The van der Waals surface area contributed by atoms with E-state index >= 15 is 0 Å². The molecule has 3 fully saturated rings. The van der Waals surface area contributed by atoms with Gasteiger partial charge in [0.2, 0.25) is 0 Å².